The van der Waals surface area contributed by atoms with Gasteiger partial charge in [-0.3, -0.25) is 0 Å². The third-order valence-corrected chi connectivity index (χ3v) is 7.15. The molecular weight excluding hydrogens is 528 g/mol. The number of benzene rings is 3. The first kappa shape index (κ1) is 27.2. The van der Waals surface area contributed by atoms with Crippen molar-refractivity contribution >= 4 is 17.6 Å². The molecule has 204 valence electrons. The van der Waals surface area contributed by atoms with Gasteiger partial charge in [-0.05, 0) is 34.4 Å². The second-order valence-electron chi connectivity index (χ2n) is 9.38. The Balaban J connectivity index is 1.53. The number of aryl methyl sites for hydroxylation is 1. The Kier molecular flexibility index (Phi) is 8.33. The zero-order valence-electron chi connectivity index (χ0n) is 22.2. The highest BCUT2D eigenvalue weighted by molar-refractivity contribution is 6.30. The lowest BCUT2D eigenvalue weighted by Gasteiger charge is -2.21. The van der Waals surface area contributed by atoms with Crippen molar-refractivity contribution in [3.8, 4) is 22.5 Å². The maximum absolute atomic E-state index is 12.0. The molecule has 0 bridgehead atoms. The zero-order chi connectivity index (χ0) is 28.1. The van der Waals surface area contributed by atoms with Crippen LogP contribution in [-0.4, -0.2) is 48.4 Å². The van der Waals surface area contributed by atoms with Gasteiger partial charge in [-0.25, -0.2) is 9.78 Å². The number of H-pyrrole nitrogens is 1. The number of aromatic amines is 1. The van der Waals surface area contributed by atoms with Gasteiger partial charge in [0.15, 0.2) is 5.15 Å². The SMILES string of the molecule is CCCCc1nc(Cl)c(C(OC)c2ccccc2C(=O)O)n1Cc1ccc(-c2ccccc2-c2nn[nH]n2)cc1. The maximum atomic E-state index is 12.0. The number of carbonyl (C=O) groups is 1. The normalized spacial score (nSPS) is 12.0. The standard InChI is InChI=1S/C30H29ClN6O3/c1-3-4-13-25-32-28(31)26(27(40-2)22-10-6-8-12-24(22)30(38)39)37(25)18-19-14-16-20(17-15-19)21-9-5-7-11-23(21)29-33-35-36-34-29/h5-12,14-17,27H,3-4,13,18H2,1-2H3,(H,38,39)(H,33,34,35,36). The molecule has 1 atom stereocenters. The highest BCUT2D eigenvalue weighted by Gasteiger charge is 2.28. The summed E-state index contributed by atoms with van der Waals surface area (Å²) in [7, 11) is 1.55. The van der Waals surface area contributed by atoms with E-state index in [-0.39, 0.29) is 5.56 Å². The number of nitrogens with one attached hydrogen (secondary N) is 1. The van der Waals surface area contributed by atoms with Crippen molar-refractivity contribution in [3.63, 3.8) is 0 Å². The van der Waals surface area contributed by atoms with Gasteiger partial charge >= 0.3 is 5.97 Å². The number of carboxylic acids is 1. The largest absolute Gasteiger partial charge is 0.478 e. The lowest BCUT2D eigenvalue weighted by molar-refractivity contribution is 0.0686. The molecule has 9 nitrogen and oxygen atoms in total. The van der Waals surface area contributed by atoms with E-state index in [0.29, 0.717) is 28.8 Å². The van der Waals surface area contributed by atoms with Crippen LogP contribution < -0.4 is 0 Å². The molecule has 2 N–H and O–H groups in total. The number of methoxy groups -OCH3 is 1. The number of ether oxygens (including phenoxy) is 1. The van der Waals surface area contributed by atoms with Crippen LogP contribution in [0.15, 0.2) is 72.8 Å². The van der Waals surface area contributed by atoms with Crippen LogP contribution in [0.3, 0.4) is 0 Å². The van der Waals surface area contributed by atoms with Crippen LogP contribution in [0.1, 0.15) is 58.9 Å². The highest BCUT2D eigenvalue weighted by Crippen LogP contribution is 2.35. The Labute approximate surface area is 236 Å². The molecule has 1 unspecified atom stereocenters. The Morgan fingerprint density at radius 1 is 1.05 bits per heavy atom. The number of nitrogens with zero attached hydrogens (tertiary/aromatic N) is 5. The van der Waals surface area contributed by atoms with E-state index in [9.17, 15) is 9.90 Å². The number of carboxylic acid groups (broad SMARTS) is 1. The van der Waals surface area contributed by atoms with Crippen LogP contribution in [0.2, 0.25) is 5.15 Å². The average molecular weight is 557 g/mol. The molecule has 0 aliphatic carbocycles. The molecule has 0 aliphatic heterocycles. The van der Waals surface area contributed by atoms with Crippen molar-refractivity contribution in [2.75, 3.05) is 7.11 Å². The van der Waals surface area contributed by atoms with Crippen molar-refractivity contribution in [1.82, 2.24) is 30.2 Å². The summed E-state index contributed by atoms with van der Waals surface area (Å²) in [6.07, 6.45) is 1.98. The Morgan fingerprint density at radius 3 is 2.45 bits per heavy atom. The average Bonchev–Trinajstić information content (AvgIpc) is 3.62. The number of unbranched alkanes of at least 4 members (excludes halogenated alkanes) is 1. The summed E-state index contributed by atoms with van der Waals surface area (Å²) in [5.74, 6) is 0.344. The second-order valence-corrected chi connectivity index (χ2v) is 9.74. The lowest BCUT2D eigenvalue weighted by Crippen LogP contribution is -2.17. The number of halogens is 1. The lowest BCUT2D eigenvalue weighted by atomic mass is 9.98. The van der Waals surface area contributed by atoms with Gasteiger partial charge in [-0.2, -0.15) is 5.21 Å². The fourth-order valence-electron chi connectivity index (χ4n) is 4.92. The predicted octanol–water partition coefficient (Wildman–Crippen LogP) is 6.21. The molecule has 10 heteroatoms. The van der Waals surface area contributed by atoms with Gasteiger partial charge < -0.3 is 14.4 Å². The molecular formula is C30H29ClN6O3. The first-order valence-corrected chi connectivity index (χ1v) is 13.4. The summed E-state index contributed by atoms with van der Waals surface area (Å²) in [6.45, 7) is 2.62. The number of aromatic nitrogens is 6. The fraction of sp³-hybridized carbons (Fsp3) is 0.233. The molecule has 0 fully saturated rings. The van der Waals surface area contributed by atoms with Gasteiger partial charge in [-0.1, -0.05) is 91.7 Å². The van der Waals surface area contributed by atoms with Crippen LogP contribution in [0.5, 0.6) is 0 Å². The van der Waals surface area contributed by atoms with Crippen LogP contribution in [0.25, 0.3) is 22.5 Å². The number of aromatic carboxylic acids is 1. The van der Waals surface area contributed by atoms with Gasteiger partial charge in [0, 0.05) is 31.2 Å². The maximum Gasteiger partial charge on any atom is 0.336 e. The van der Waals surface area contributed by atoms with E-state index in [1.165, 1.54) is 0 Å². The van der Waals surface area contributed by atoms with E-state index >= 15 is 0 Å². The van der Waals surface area contributed by atoms with Crippen molar-refractivity contribution in [1.29, 1.82) is 0 Å². The van der Waals surface area contributed by atoms with E-state index in [1.54, 1.807) is 31.4 Å². The van der Waals surface area contributed by atoms with E-state index in [2.05, 4.69) is 56.4 Å². The number of hydrogen-bond acceptors (Lipinski definition) is 6. The van der Waals surface area contributed by atoms with Crippen molar-refractivity contribution in [3.05, 3.63) is 106 Å². The highest BCUT2D eigenvalue weighted by atomic mass is 35.5. The minimum Gasteiger partial charge on any atom is -0.478 e. The quantitative estimate of drug-likeness (QED) is 0.198. The Morgan fingerprint density at radius 2 is 1.77 bits per heavy atom. The summed E-state index contributed by atoms with van der Waals surface area (Å²) < 4.78 is 7.95. The summed E-state index contributed by atoms with van der Waals surface area (Å²) in [5.41, 5.74) is 5.26. The number of hydrogen-bond donors (Lipinski definition) is 2. The third-order valence-electron chi connectivity index (χ3n) is 6.87. The second kappa shape index (κ2) is 12.2. The molecule has 5 aromatic rings. The molecule has 0 radical (unpaired) electrons. The van der Waals surface area contributed by atoms with Crippen LogP contribution in [-0.2, 0) is 17.7 Å². The van der Waals surface area contributed by atoms with Gasteiger partial charge in [0.2, 0.25) is 5.82 Å². The van der Waals surface area contributed by atoms with Crippen LogP contribution in [0, 0.1) is 0 Å². The molecule has 0 aliphatic rings. The Hall–Kier alpha value is -4.34. The fourth-order valence-corrected chi connectivity index (χ4v) is 5.22. The number of tetrazole rings is 1. The molecule has 40 heavy (non-hydrogen) atoms. The first-order valence-electron chi connectivity index (χ1n) is 13.0. The van der Waals surface area contributed by atoms with E-state index in [1.807, 2.05) is 24.3 Å². The predicted molar refractivity (Wildman–Crippen MR) is 152 cm³/mol. The summed E-state index contributed by atoms with van der Waals surface area (Å²) in [4.78, 5) is 16.7. The topological polar surface area (TPSA) is 119 Å². The first-order chi connectivity index (χ1) is 19.5. The van der Waals surface area contributed by atoms with Gasteiger partial charge in [0.05, 0.1) is 11.3 Å². The van der Waals surface area contributed by atoms with E-state index < -0.39 is 12.1 Å². The monoisotopic (exact) mass is 556 g/mol. The minimum absolute atomic E-state index is 0.165. The molecule has 0 spiro atoms. The van der Waals surface area contributed by atoms with Crippen molar-refractivity contribution in [2.45, 2.75) is 38.8 Å². The molecule has 0 saturated heterocycles. The molecule has 2 heterocycles. The summed E-state index contributed by atoms with van der Waals surface area (Å²) in [6, 6.07) is 23.0. The zero-order valence-corrected chi connectivity index (χ0v) is 23.0. The van der Waals surface area contributed by atoms with Crippen molar-refractivity contribution < 1.29 is 14.6 Å². The van der Waals surface area contributed by atoms with E-state index in [0.717, 1.165) is 47.3 Å². The van der Waals surface area contributed by atoms with Crippen LogP contribution in [0.4, 0.5) is 0 Å². The van der Waals surface area contributed by atoms with Gasteiger partial charge in [-0.15, -0.1) is 10.2 Å². The van der Waals surface area contributed by atoms with Crippen molar-refractivity contribution in [2.24, 2.45) is 0 Å². The van der Waals surface area contributed by atoms with Gasteiger partial charge in [0.1, 0.15) is 11.9 Å². The molecule has 0 saturated carbocycles. The van der Waals surface area contributed by atoms with Crippen LogP contribution >= 0.6 is 11.6 Å². The molecule has 0 amide bonds. The number of imidazole rings is 1. The Bertz CT molecular complexity index is 1600. The smallest absolute Gasteiger partial charge is 0.336 e. The summed E-state index contributed by atoms with van der Waals surface area (Å²) in [5, 5.41) is 24.6. The molecule has 2 aromatic heterocycles. The van der Waals surface area contributed by atoms with Gasteiger partial charge in [0.25, 0.3) is 0 Å². The van der Waals surface area contributed by atoms with E-state index in [4.69, 9.17) is 21.3 Å². The third kappa shape index (κ3) is 5.52. The summed E-state index contributed by atoms with van der Waals surface area (Å²) >= 11 is 6.74. The molecule has 3 aromatic carbocycles. The molecule has 5 rings (SSSR count). The number of rotatable bonds is 11. The minimum atomic E-state index is -1.03.